The van der Waals surface area contributed by atoms with Gasteiger partial charge in [0.2, 0.25) is 5.91 Å². The summed E-state index contributed by atoms with van der Waals surface area (Å²) in [5.41, 5.74) is 0. The van der Waals surface area contributed by atoms with Crippen LogP contribution in [0.25, 0.3) is 0 Å². The fourth-order valence-corrected chi connectivity index (χ4v) is 1.46. The van der Waals surface area contributed by atoms with Crippen molar-refractivity contribution in [1.29, 1.82) is 0 Å². The Hall–Kier alpha value is -0.191. The van der Waals surface area contributed by atoms with Gasteiger partial charge in [-0.2, -0.15) is 11.8 Å². The zero-order valence-corrected chi connectivity index (χ0v) is 10.6. The number of aliphatic carboxylic acids is 1. The summed E-state index contributed by atoms with van der Waals surface area (Å²) in [7, 11) is 0. The number of carbonyl (C=O) groups excluding carboxylic acids is 1. The Morgan fingerprint density at radius 1 is 1.47 bits per heavy atom. The van der Waals surface area contributed by atoms with Gasteiger partial charge >= 0.3 is 5.97 Å². The molecule has 0 saturated carbocycles. The van der Waals surface area contributed by atoms with Crippen molar-refractivity contribution in [3.63, 3.8) is 0 Å². The van der Waals surface area contributed by atoms with Gasteiger partial charge in [-0.1, -0.05) is 6.92 Å². The average molecular weight is 283 g/mol. The van der Waals surface area contributed by atoms with Gasteiger partial charge in [0.25, 0.3) is 0 Å². The monoisotopic (exact) mass is 282 g/mol. The standard InChI is InChI=1S/C9H17NO3S.Cu/c1-3-4-8(11)10-7(9(12)13)5-6-14-2;/h7H,3-6H2,1-2H3,(H,10,11)(H,12,13);. The maximum absolute atomic E-state index is 11.1. The molecule has 93 valence electrons. The van der Waals surface area contributed by atoms with Crippen molar-refractivity contribution in [1.82, 2.24) is 5.32 Å². The number of rotatable bonds is 7. The summed E-state index contributed by atoms with van der Waals surface area (Å²) in [4.78, 5) is 21.9. The normalized spacial score (nSPS) is 11.3. The van der Waals surface area contributed by atoms with Gasteiger partial charge in [-0.15, -0.1) is 0 Å². The number of carboxylic acids is 1. The molecule has 0 aromatic carbocycles. The quantitative estimate of drug-likeness (QED) is 0.687. The van der Waals surface area contributed by atoms with Crippen LogP contribution < -0.4 is 5.32 Å². The number of carbonyl (C=O) groups is 2. The SMILES string of the molecule is CCCC(=O)NC(CCSC)C(=O)O.[Cu]. The molecule has 6 heteroatoms. The molecule has 0 aliphatic carbocycles. The molecule has 0 bridgehead atoms. The molecule has 0 rings (SSSR count). The molecule has 1 amide bonds. The summed E-state index contributed by atoms with van der Waals surface area (Å²) in [5.74, 6) is -0.395. The number of hydrogen-bond acceptors (Lipinski definition) is 3. The predicted octanol–water partition coefficient (Wildman–Crippen LogP) is 1.11. The Bertz CT molecular complexity index is 202. The van der Waals surface area contributed by atoms with E-state index in [1.807, 2.05) is 13.2 Å². The molecule has 0 saturated heterocycles. The van der Waals surface area contributed by atoms with Gasteiger partial charge in [0.15, 0.2) is 0 Å². The summed E-state index contributed by atoms with van der Waals surface area (Å²) >= 11 is 1.57. The fourth-order valence-electron chi connectivity index (χ4n) is 0.987. The molecule has 0 fully saturated rings. The third kappa shape index (κ3) is 8.78. The molecular formula is C9H17CuNO3S. The number of amides is 1. The van der Waals surface area contributed by atoms with E-state index in [2.05, 4.69) is 5.32 Å². The van der Waals surface area contributed by atoms with Gasteiger partial charge in [0.05, 0.1) is 0 Å². The Kier molecular flexibility index (Phi) is 11.9. The Morgan fingerprint density at radius 2 is 2.07 bits per heavy atom. The van der Waals surface area contributed by atoms with Gasteiger partial charge in [-0.25, -0.2) is 4.79 Å². The number of hydrogen-bond donors (Lipinski definition) is 2. The van der Waals surface area contributed by atoms with Gasteiger partial charge in [0, 0.05) is 23.5 Å². The minimum atomic E-state index is -0.955. The van der Waals surface area contributed by atoms with Crippen molar-refractivity contribution < 1.29 is 31.8 Å². The third-order valence-electron chi connectivity index (χ3n) is 1.72. The first-order valence-electron chi connectivity index (χ1n) is 4.63. The Morgan fingerprint density at radius 3 is 2.47 bits per heavy atom. The first-order chi connectivity index (χ1) is 6.61. The van der Waals surface area contributed by atoms with E-state index >= 15 is 0 Å². The zero-order chi connectivity index (χ0) is 11.0. The van der Waals surface area contributed by atoms with E-state index in [0.717, 1.165) is 12.2 Å². The van der Waals surface area contributed by atoms with E-state index in [4.69, 9.17) is 5.11 Å². The number of nitrogens with one attached hydrogen (secondary N) is 1. The molecule has 0 aromatic rings. The van der Waals surface area contributed by atoms with E-state index in [0.29, 0.717) is 12.8 Å². The largest absolute Gasteiger partial charge is 0.480 e. The van der Waals surface area contributed by atoms with Crippen LogP contribution in [0.1, 0.15) is 26.2 Å². The van der Waals surface area contributed by atoms with Crippen LogP contribution in [-0.4, -0.2) is 35.0 Å². The molecular weight excluding hydrogens is 266 g/mol. The smallest absolute Gasteiger partial charge is 0.326 e. The van der Waals surface area contributed by atoms with E-state index in [1.54, 1.807) is 11.8 Å². The third-order valence-corrected chi connectivity index (χ3v) is 2.36. The molecule has 1 atom stereocenters. The second-order valence-electron chi connectivity index (χ2n) is 2.99. The minimum Gasteiger partial charge on any atom is -0.480 e. The molecule has 2 N–H and O–H groups in total. The summed E-state index contributed by atoms with van der Waals surface area (Å²) in [6.07, 6.45) is 3.52. The fraction of sp³-hybridized carbons (Fsp3) is 0.778. The summed E-state index contributed by atoms with van der Waals surface area (Å²) in [6.45, 7) is 1.89. The van der Waals surface area contributed by atoms with Gasteiger partial charge in [0.1, 0.15) is 6.04 Å². The second kappa shape index (κ2) is 10.3. The van der Waals surface area contributed by atoms with Crippen molar-refractivity contribution in [3.8, 4) is 0 Å². The second-order valence-corrected chi connectivity index (χ2v) is 3.98. The molecule has 1 unspecified atom stereocenters. The summed E-state index contributed by atoms with van der Waals surface area (Å²) in [6, 6.07) is -0.735. The topological polar surface area (TPSA) is 66.4 Å². The maximum Gasteiger partial charge on any atom is 0.326 e. The van der Waals surface area contributed by atoms with Crippen LogP contribution in [0.2, 0.25) is 0 Å². The molecule has 1 radical (unpaired) electrons. The summed E-state index contributed by atoms with van der Waals surface area (Å²) in [5, 5.41) is 11.3. The molecule has 0 spiro atoms. The van der Waals surface area contributed by atoms with Crippen molar-refractivity contribution in [2.24, 2.45) is 0 Å². The van der Waals surface area contributed by atoms with Crippen molar-refractivity contribution in [2.75, 3.05) is 12.0 Å². The van der Waals surface area contributed by atoms with Crippen molar-refractivity contribution in [2.45, 2.75) is 32.2 Å². The number of thioether (sulfide) groups is 1. The van der Waals surface area contributed by atoms with Crippen LogP contribution in [0.3, 0.4) is 0 Å². The first kappa shape index (κ1) is 17.2. The molecule has 4 nitrogen and oxygen atoms in total. The van der Waals surface area contributed by atoms with Crippen LogP contribution in [-0.2, 0) is 26.7 Å². The van der Waals surface area contributed by atoms with Crippen LogP contribution in [0, 0.1) is 0 Å². The Balaban J connectivity index is 0. The molecule has 0 heterocycles. The van der Waals surface area contributed by atoms with E-state index in [9.17, 15) is 9.59 Å². The van der Waals surface area contributed by atoms with Gasteiger partial charge in [-0.3, -0.25) is 4.79 Å². The van der Waals surface area contributed by atoms with Crippen molar-refractivity contribution in [3.05, 3.63) is 0 Å². The van der Waals surface area contributed by atoms with E-state index in [-0.39, 0.29) is 23.0 Å². The molecule has 0 aliphatic rings. The molecule has 15 heavy (non-hydrogen) atoms. The molecule has 0 aromatic heterocycles. The van der Waals surface area contributed by atoms with Gasteiger partial charge < -0.3 is 10.4 Å². The number of carboxylic acid groups (broad SMARTS) is 1. The maximum atomic E-state index is 11.1. The zero-order valence-electron chi connectivity index (χ0n) is 8.88. The minimum absolute atomic E-state index is 0. The van der Waals surface area contributed by atoms with Crippen LogP contribution >= 0.6 is 11.8 Å². The van der Waals surface area contributed by atoms with Crippen LogP contribution in [0.5, 0.6) is 0 Å². The van der Waals surface area contributed by atoms with Crippen molar-refractivity contribution >= 4 is 23.6 Å². The van der Waals surface area contributed by atoms with E-state index in [1.165, 1.54) is 0 Å². The Labute approximate surface area is 105 Å². The van der Waals surface area contributed by atoms with Crippen LogP contribution in [0.4, 0.5) is 0 Å². The first-order valence-corrected chi connectivity index (χ1v) is 6.02. The summed E-state index contributed by atoms with van der Waals surface area (Å²) < 4.78 is 0. The van der Waals surface area contributed by atoms with E-state index < -0.39 is 12.0 Å². The predicted molar refractivity (Wildman–Crippen MR) is 57.5 cm³/mol. The van der Waals surface area contributed by atoms with Crippen LogP contribution in [0.15, 0.2) is 0 Å². The molecule has 0 aliphatic heterocycles. The average Bonchev–Trinajstić information content (AvgIpc) is 2.12. The van der Waals surface area contributed by atoms with Gasteiger partial charge in [-0.05, 0) is 24.9 Å².